The number of benzene rings is 1. The third kappa shape index (κ3) is 4.19. The Balaban J connectivity index is 2.18. The van der Waals surface area contributed by atoms with Crippen LogP contribution in [0.25, 0.3) is 0 Å². The number of oxime groups is 1. The highest BCUT2D eigenvalue weighted by Gasteiger charge is 2.28. The number of nitrogens with two attached hydrogens (primary N) is 1. The summed E-state index contributed by atoms with van der Waals surface area (Å²) in [6.07, 6.45) is 2.95. The highest BCUT2D eigenvalue weighted by molar-refractivity contribution is 5.80. The van der Waals surface area contributed by atoms with Gasteiger partial charge in [0.05, 0.1) is 0 Å². The van der Waals surface area contributed by atoms with Crippen LogP contribution in [-0.4, -0.2) is 54.1 Å². The summed E-state index contributed by atoms with van der Waals surface area (Å²) in [4.78, 5) is 4.75. The van der Waals surface area contributed by atoms with Crippen LogP contribution in [0.5, 0.6) is 0 Å². The fourth-order valence-electron chi connectivity index (χ4n) is 3.14. The van der Waals surface area contributed by atoms with E-state index in [9.17, 15) is 0 Å². The molecule has 1 saturated heterocycles. The molecule has 5 nitrogen and oxygen atoms in total. The zero-order chi connectivity index (χ0) is 15.2. The summed E-state index contributed by atoms with van der Waals surface area (Å²) in [7, 11) is 4.31. The van der Waals surface area contributed by atoms with E-state index in [1.165, 1.54) is 24.9 Å². The van der Waals surface area contributed by atoms with Crippen LogP contribution in [0, 0.1) is 0 Å². The van der Waals surface area contributed by atoms with Gasteiger partial charge in [0.1, 0.15) is 5.84 Å². The van der Waals surface area contributed by atoms with E-state index in [4.69, 9.17) is 10.9 Å². The van der Waals surface area contributed by atoms with Crippen LogP contribution in [-0.2, 0) is 0 Å². The average molecular weight is 290 g/mol. The first-order valence-electron chi connectivity index (χ1n) is 7.53. The molecule has 0 aromatic heterocycles. The van der Waals surface area contributed by atoms with Gasteiger partial charge in [-0.25, -0.2) is 0 Å². The molecule has 2 unspecified atom stereocenters. The molecular weight excluding hydrogens is 264 g/mol. The summed E-state index contributed by atoms with van der Waals surface area (Å²) < 4.78 is 0. The van der Waals surface area contributed by atoms with Gasteiger partial charge in [-0.05, 0) is 39.0 Å². The van der Waals surface area contributed by atoms with Crippen LogP contribution in [0.2, 0.25) is 0 Å². The van der Waals surface area contributed by atoms with E-state index in [0.29, 0.717) is 12.5 Å². The number of rotatable bonds is 5. The third-order valence-electron chi connectivity index (χ3n) is 4.38. The Bertz CT molecular complexity index is 463. The minimum Gasteiger partial charge on any atom is -0.409 e. The van der Waals surface area contributed by atoms with Crippen molar-refractivity contribution in [1.82, 2.24) is 9.80 Å². The van der Waals surface area contributed by atoms with Gasteiger partial charge in [0, 0.05) is 25.0 Å². The molecule has 2 atom stereocenters. The zero-order valence-corrected chi connectivity index (χ0v) is 12.9. The van der Waals surface area contributed by atoms with Crippen LogP contribution >= 0.6 is 0 Å². The highest BCUT2D eigenvalue weighted by Crippen LogP contribution is 2.27. The van der Waals surface area contributed by atoms with Crippen LogP contribution in [0.4, 0.5) is 0 Å². The van der Waals surface area contributed by atoms with Crippen molar-refractivity contribution in [2.45, 2.75) is 31.3 Å². The number of nitrogens with zero attached hydrogens (tertiary/aromatic N) is 3. The van der Waals surface area contributed by atoms with Crippen molar-refractivity contribution < 1.29 is 5.21 Å². The fourth-order valence-corrected chi connectivity index (χ4v) is 3.14. The lowest BCUT2D eigenvalue weighted by Crippen LogP contribution is -2.46. The predicted octanol–water partition coefficient (Wildman–Crippen LogP) is 1.89. The smallest absolute Gasteiger partial charge is 0.141 e. The highest BCUT2D eigenvalue weighted by atomic mass is 16.4. The molecule has 0 aliphatic carbocycles. The lowest BCUT2D eigenvalue weighted by molar-refractivity contribution is 0.100. The first-order chi connectivity index (χ1) is 10.1. The molecule has 1 aliphatic heterocycles. The molecule has 2 rings (SSSR count). The Morgan fingerprint density at radius 1 is 1.48 bits per heavy atom. The van der Waals surface area contributed by atoms with Gasteiger partial charge < -0.3 is 15.8 Å². The molecule has 21 heavy (non-hydrogen) atoms. The van der Waals surface area contributed by atoms with Crippen molar-refractivity contribution in [3.8, 4) is 0 Å². The lowest BCUT2D eigenvalue weighted by atomic mass is 9.97. The molecule has 1 aliphatic rings. The van der Waals surface area contributed by atoms with Crippen LogP contribution < -0.4 is 5.73 Å². The Hall–Kier alpha value is -1.59. The lowest BCUT2D eigenvalue weighted by Gasteiger charge is -2.40. The van der Waals surface area contributed by atoms with Gasteiger partial charge in [-0.2, -0.15) is 0 Å². The molecule has 0 radical (unpaired) electrons. The topological polar surface area (TPSA) is 65.1 Å². The van der Waals surface area contributed by atoms with Crippen molar-refractivity contribution in [1.29, 1.82) is 0 Å². The Labute approximate surface area is 127 Å². The SMILES string of the molecule is CN1CCCC(N(C)C(CC(N)=NO)c2ccccc2)C1. The summed E-state index contributed by atoms with van der Waals surface area (Å²) in [6, 6.07) is 10.9. The molecule has 116 valence electrons. The summed E-state index contributed by atoms with van der Waals surface area (Å²) in [5.74, 6) is 0.278. The molecule has 1 aromatic carbocycles. The molecule has 1 aromatic rings. The number of amidine groups is 1. The second-order valence-corrected chi connectivity index (χ2v) is 5.95. The standard InChI is InChI=1S/C16H26N4O/c1-19-10-6-9-14(12-19)20(2)15(11-16(17)18-21)13-7-4-3-5-8-13/h3-5,7-8,14-15,21H,6,9-12H2,1-2H3,(H2,17,18). The van der Waals surface area contributed by atoms with E-state index in [-0.39, 0.29) is 11.9 Å². The van der Waals surface area contributed by atoms with Crippen molar-refractivity contribution in [3.63, 3.8) is 0 Å². The maximum atomic E-state index is 8.90. The van der Waals surface area contributed by atoms with Crippen LogP contribution in [0.15, 0.2) is 35.5 Å². The number of hydrogen-bond donors (Lipinski definition) is 2. The maximum absolute atomic E-state index is 8.90. The molecule has 1 fully saturated rings. The van der Waals surface area contributed by atoms with Crippen LogP contribution in [0.3, 0.4) is 0 Å². The third-order valence-corrected chi connectivity index (χ3v) is 4.38. The van der Waals surface area contributed by atoms with E-state index in [1.807, 2.05) is 18.2 Å². The Morgan fingerprint density at radius 2 is 2.19 bits per heavy atom. The second kappa shape index (κ2) is 7.43. The van der Waals surface area contributed by atoms with E-state index in [1.54, 1.807) is 0 Å². The maximum Gasteiger partial charge on any atom is 0.141 e. The van der Waals surface area contributed by atoms with Crippen LogP contribution in [0.1, 0.15) is 30.9 Å². The average Bonchev–Trinajstić information content (AvgIpc) is 2.52. The van der Waals surface area contributed by atoms with E-state index < -0.39 is 0 Å². The van der Waals surface area contributed by atoms with Crippen molar-refractivity contribution in [2.75, 3.05) is 27.2 Å². The number of likely N-dealkylation sites (N-methyl/N-ethyl adjacent to an activating group) is 2. The summed E-state index contributed by atoms with van der Waals surface area (Å²) >= 11 is 0. The van der Waals surface area contributed by atoms with Gasteiger partial charge in [0.25, 0.3) is 0 Å². The normalized spacial score (nSPS) is 22.4. The first kappa shape index (κ1) is 15.8. The van der Waals surface area contributed by atoms with Gasteiger partial charge in [-0.1, -0.05) is 35.5 Å². The van der Waals surface area contributed by atoms with Gasteiger partial charge in [0.15, 0.2) is 0 Å². The predicted molar refractivity (Wildman–Crippen MR) is 85.5 cm³/mol. The summed E-state index contributed by atoms with van der Waals surface area (Å²) in [6.45, 7) is 2.23. The molecule has 0 spiro atoms. The Kier molecular flexibility index (Phi) is 5.59. The van der Waals surface area contributed by atoms with Gasteiger partial charge in [-0.3, -0.25) is 4.90 Å². The molecular formula is C16H26N4O. The molecule has 0 bridgehead atoms. The molecule has 3 N–H and O–H groups in total. The molecule has 1 heterocycles. The first-order valence-corrected chi connectivity index (χ1v) is 7.53. The van der Waals surface area contributed by atoms with E-state index in [2.05, 4.69) is 41.2 Å². The van der Waals surface area contributed by atoms with Gasteiger partial charge in [-0.15, -0.1) is 0 Å². The summed E-state index contributed by atoms with van der Waals surface area (Å²) in [5.41, 5.74) is 6.98. The van der Waals surface area contributed by atoms with E-state index in [0.717, 1.165) is 6.54 Å². The van der Waals surface area contributed by atoms with E-state index >= 15 is 0 Å². The fraction of sp³-hybridized carbons (Fsp3) is 0.562. The number of hydrogen-bond acceptors (Lipinski definition) is 4. The van der Waals surface area contributed by atoms with Gasteiger partial charge >= 0.3 is 0 Å². The quantitative estimate of drug-likeness (QED) is 0.376. The largest absolute Gasteiger partial charge is 0.409 e. The Morgan fingerprint density at radius 3 is 2.81 bits per heavy atom. The van der Waals surface area contributed by atoms with Crippen molar-refractivity contribution in [2.24, 2.45) is 10.9 Å². The minimum absolute atomic E-state index is 0.138. The minimum atomic E-state index is 0.138. The monoisotopic (exact) mass is 290 g/mol. The number of likely N-dealkylation sites (tertiary alicyclic amines) is 1. The van der Waals surface area contributed by atoms with Crippen molar-refractivity contribution >= 4 is 5.84 Å². The molecule has 0 amide bonds. The second-order valence-electron chi connectivity index (χ2n) is 5.95. The van der Waals surface area contributed by atoms with Gasteiger partial charge in [0.2, 0.25) is 0 Å². The number of piperidine rings is 1. The van der Waals surface area contributed by atoms with Crippen molar-refractivity contribution in [3.05, 3.63) is 35.9 Å². The molecule has 0 saturated carbocycles. The zero-order valence-electron chi connectivity index (χ0n) is 12.9. The molecule has 5 heteroatoms. The summed E-state index contributed by atoms with van der Waals surface area (Å²) in [5, 5.41) is 12.1.